The Morgan fingerprint density at radius 1 is 0.224 bits per heavy atom. The van der Waals surface area contributed by atoms with Crippen LogP contribution in [0.15, 0.2) is 285 Å². The topological polar surface area (TPSA) is 45.2 Å². The van der Waals surface area contributed by atoms with E-state index in [0.717, 1.165) is 50.3 Å². The van der Waals surface area contributed by atoms with E-state index in [9.17, 15) is 0 Å². The molecule has 0 saturated carbocycles. The molecule has 11 aromatic carbocycles. The van der Waals surface area contributed by atoms with E-state index in [4.69, 9.17) is 15.0 Å². The van der Waals surface area contributed by atoms with Gasteiger partial charge in [-0.2, -0.15) is 0 Å². The fraction of sp³-hybridized carbons (Fsp3) is 0. The van der Waals surface area contributed by atoms with Gasteiger partial charge >= 0.3 is 0 Å². The van der Waals surface area contributed by atoms with Crippen LogP contribution >= 0.6 is 0 Å². The summed E-state index contributed by atoms with van der Waals surface area (Å²) in [6.45, 7) is 0. The largest absolute Gasteiger partial charge is 0.309 e. The minimum absolute atomic E-state index is 0.584. The standard InChI is InChI=1S/C69H49N5Si2/c1-6-26-48(27-7-1)53-36-24-38-55(65(53)73-57-40-16-20-44-61(57)75(51-32-12-4-13-33-51)62-45-21-17-41-58(62)73)68-70-67(50-30-10-3-11-31-50)71-69(72-68)56-39-25-37-54(49-28-8-2-9-29-49)66(56)74-59-42-18-22-46-63(59)76(52-34-14-5-15-35-52)64-47-23-19-43-60(64)74/h1-47,75-76H. The molecule has 0 N–H and O–H groups in total. The lowest BCUT2D eigenvalue weighted by Gasteiger charge is -2.39. The third-order valence-electron chi connectivity index (χ3n) is 15.1. The molecule has 0 unspecified atom stereocenters. The lowest BCUT2D eigenvalue weighted by molar-refractivity contribution is 1.07. The molecule has 1 aromatic heterocycles. The Morgan fingerprint density at radius 3 is 0.855 bits per heavy atom. The van der Waals surface area contributed by atoms with E-state index in [1.54, 1.807) is 0 Å². The summed E-state index contributed by atoms with van der Waals surface area (Å²) in [6.07, 6.45) is 0. The SMILES string of the molecule is c1ccc(-c2nc(-c3cccc(-c4ccccc4)c3N3c4ccccc4[SiH](c4ccccc4)c4ccccc43)nc(-c3cccc(-c4ccccc4)c3N3c4ccccc4[SiH](c4ccccc4)c4ccccc43)n2)cc1. The summed E-state index contributed by atoms with van der Waals surface area (Å²) in [5.74, 6) is 1.77. The molecule has 12 aromatic rings. The Hall–Kier alpha value is -9.54. The first-order valence-corrected chi connectivity index (χ1v) is 29.5. The van der Waals surface area contributed by atoms with Gasteiger partial charge in [-0.1, -0.05) is 259 Å². The van der Waals surface area contributed by atoms with Crippen LogP contribution in [0.4, 0.5) is 34.1 Å². The predicted octanol–water partition coefficient (Wildman–Crippen LogP) is 12.3. The molecule has 3 heterocycles. The van der Waals surface area contributed by atoms with E-state index in [2.05, 4.69) is 289 Å². The molecule has 0 atom stereocenters. The molecule has 0 radical (unpaired) electrons. The summed E-state index contributed by atoms with van der Waals surface area (Å²) in [4.78, 5) is 21.9. The molecule has 14 rings (SSSR count). The van der Waals surface area contributed by atoms with Gasteiger partial charge in [0.05, 0.1) is 11.4 Å². The highest BCUT2D eigenvalue weighted by atomic mass is 28.3. The third-order valence-corrected chi connectivity index (χ3v) is 21.6. The van der Waals surface area contributed by atoms with Crippen LogP contribution in [0, 0.1) is 0 Å². The normalized spacial score (nSPS) is 12.8. The molecule has 358 valence electrons. The van der Waals surface area contributed by atoms with Crippen LogP contribution in [0.3, 0.4) is 0 Å². The van der Waals surface area contributed by atoms with Crippen molar-refractivity contribution in [3.05, 3.63) is 285 Å². The van der Waals surface area contributed by atoms with Gasteiger partial charge in [-0.15, -0.1) is 0 Å². The van der Waals surface area contributed by atoms with Crippen molar-refractivity contribution < 1.29 is 0 Å². The van der Waals surface area contributed by atoms with Crippen molar-refractivity contribution in [3.8, 4) is 56.4 Å². The summed E-state index contributed by atoms with van der Waals surface area (Å²) in [6, 6.07) is 103. The zero-order chi connectivity index (χ0) is 50.4. The maximum Gasteiger partial charge on any atom is 0.166 e. The first-order valence-electron chi connectivity index (χ1n) is 26.0. The smallest absolute Gasteiger partial charge is 0.166 e. The van der Waals surface area contributed by atoms with Crippen LogP contribution < -0.4 is 40.9 Å². The molecule has 2 aliphatic heterocycles. The Kier molecular flexibility index (Phi) is 11.5. The molecule has 0 fully saturated rings. The predicted molar refractivity (Wildman–Crippen MR) is 321 cm³/mol. The summed E-state index contributed by atoms with van der Waals surface area (Å²) in [5.41, 5.74) is 13.8. The minimum Gasteiger partial charge on any atom is -0.309 e. The van der Waals surface area contributed by atoms with Crippen molar-refractivity contribution in [2.45, 2.75) is 0 Å². The maximum absolute atomic E-state index is 5.77. The molecular formula is C69H49N5Si2. The molecule has 0 saturated heterocycles. The van der Waals surface area contributed by atoms with Crippen molar-refractivity contribution in [3.63, 3.8) is 0 Å². The molecule has 7 heteroatoms. The van der Waals surface area contributed by atoms with Gasteiger partial charge < -0.3 is 9.80 Å². The number of aromatic nitrogens is 3. The quantitative estimate of drug-likeness (QED) is 0.135. The number of fused-ring (bicyclic) bond motifs is 4. The van der Waals surface area contributed by atoms with Gasteiger partial charge in [0.25, 0.3) is 0 Å². The second-order valence-corrected chi connectivity index (χ2v) is 25.0. The lowest BCUT2D eigenvalue weighted by Crippen LogP contribution is -2.57. The van der Waals surface area contributed by atoms with Crippen LogP contribution in [0.5, 0.6) is 0 Å². The summed E-state index contributed by atoms with van der Waals surface area (Å²) in [7, 11) is -3.85. The molecular weight excluding hydrogens is 955 g/mol. The van der Waals surface area contributed by atoms with Crippen molar-refractivity contribution in [1.82, 2.24) is 15.0 Å². The highest BCUT2D eigenvalue weighted by molar-refractivity contribution is 6.98. The molecule has 0 bridgehead atoms. The molecule has 0 spiro atoms. The molecule has 2 aliphatic rings. The minimum atomic E-state index is -1.93. The molecule has 0 amide bonds. The first kappa shape index (κ1) is 45.1. The first-order chi connectivity index (χ1) is 37.8. The number of anilines is 6. The van der Waals surface area contributed by atoms with E-state index in [1.165, 1.54) is 53.9 Å². The van der Waals surface area contributed by atoms with Crippen LogP contribution in [0.2, 0.25) is 0 Å². The van der Waals surface area contributed by atoms with Crippen molar-refractivity contribution in [1.29, 1.82) is 0 Å². The van der Waals surface area contributed by atoms with Crippen molar-refractivity contribution >= 4 is 82.8 Å². The number of hydrogen-bond donors (Lipinski definition) is 0. The van der Waals surface area contributed by atoms with E-state index in [-0.39, 0.29) is 0 Å². The number of benzene rings is 11. The zero-order valence-electron chi connectivity index (χ0n) is 41.5. The Labute approximate surface area is 446 Å². The van der Waals surface area contributed by atoms with Crippen LogP contribution in [0.1, 0.15) is 0 Å². The van der Waals surface area contributed by atoms with Crippen molar-refractivity contribution in [2.75, 3.05) is 9.80 Å². The second kappa shape index (κ2) is 19.4. The van der Waals surface area contributed by atoms with Gasteiger partial charge in [-0.3, -0.25) is 0 Å². The number of nitrogens with zero attached hydrogens (tertiary/aromatic N) is 5. The Morgan fingerprint density at radius 2 is 0.500 bits per heavy atom. The van der Waals surface area contributed by atoms with Gasteiger partial charge in [0.2, 0.25) is 0 Å². The second-order valence-electron chi connectivity index (χ2n) is 19.4. The van der Waals surface area contributed by atoms with Gasteiger partial charge in [0.15, 0.2) is 17.5 Å². The summed E-state index contributed by atoms with van der Waals surface area (Å²) >= 11 is 0. The van der Waals surface area contributed by atoms with Crippen LogP contribution in [-0.2, 0) is 0 Å². The fourth-order valence-corrected chi connectivity index (χ4v) is 18.4. The summed E-state index contributed by atoms with van der Waals surface area (Å²) < 4.78 is 0. The Balaban J connectivity index is 1.05. The maximum atomic E-state index is 5.77. The van der Waals surface area contributed by atoms with E-state index < -0.39 is 17.6 Å². The lowest BCUT2D eigenvalue weighted by atomic mass is 9.96. The highest BCUT2D eigenvalue weighted by Gasteiger charge is 2.38. The number of hydrogen-bond acceptors (Lipinski definition) is 5. The highest BCUT2D eigenvalue weighted by Crippen LogP contribution is 2.49. The fourth-order valence-electron chi connectivity index (χ4n) is 11.8. The van der Waals surface area contributed by atoms with E-state index in [0.29, 0.717) is 17.5 Å². The number of rotatable bonds is 9. The van der Waals surface area contributed by atoms with Gasteiger partial charge in [0, 0.05) is 50.6 Å². The molecule has 0 aliphatic carbocycles. The Bertz CT molecular complexity index is 3740. The monoisotopic (exact) mass is 1000 g/mol. The summed E-state index contributed by atoms with van der Waals surface area (Å²) in [5, 5.41) is 8.24. The van der Waals surface area contributed by atoms with E-state index in [1.807, 2.05) is 6.07 Å². The number of para-hydroxylation sites is 6. The third kappa shape index (κ3) is 7.80. The molecule has 76 heavy (non-hydrogen) atoms. The van der Waals surface area contributed by atoms with Crippen molar-refractivity contribution in [2.24, 2.45) is 0 Å². The van der Waals surface area contributed by atoms with Crippen LogP contribution in [-0.4, -0.2) is 32.5 Å². The van der Waals surface area contributed by atoms with E-state index >= 15 is 0 Å². The van der Waals surface area contributed by atoms with Gasteiger partial charge in [-0.25, -0.2) is 15.0 Å². The zero-order valence-corrected chi connectivity index (χ0v) is 43.8. The van der Waals surface area contributed by atoms with Crippen LogP contribution in [0.25, 0.3) is 56.4 Å². The molecule has 5 nitrogen and oxygen atoms in total. The average Bonchev–Trinajstić information content (AvgIpc) is 3.50. The van der Waals surface area contributed by atoms with Gasteiger partial charge in [-0.05, 0) is 68.3 Å². The average molecular weight is 1000 g/mol. The van der Waals surface area contributed by atoms with Gasteiger partial charge in [0.1, 0.15) is 17.6 Å².